The molecule has 0 radical (unpaired) electrons. The van der Waals surface area contributed by atoms with Crippen molar-refractivity contribution in [3.8, 4) is 5.75 Å². The van der Waals surface area contributed by atoms with Crippen molar-refractivity contribution in [1.29, 1.82) is 0 Å². The molecule has 26 heavy (non-hydrogen) atoms. The van der Waals surface area contributed by atoms with Crippen molar-refractivity contribution in [1.82, 2.24) is 15.1 Å². The number of nitrogens with zero attached hydrogens (tertiary/aromatic N) is 2. The van der Waals surface area contributed by atoms with Crippen LogP contribution >= 0.6 is 0 Å². The van der Waals surface area contributed by atoms with E-state index in [4.69, 9.17) is 4.74 Å². The minimum atomic E-state index is -0.345. The fourth-order valence-electron chi connectivity index (χ4n) is 2.35. The molecular formula is C19H26N4O3. The molecule has 0 aliphatic heterocycles. The van der Waals surface area contributed by atoms with Gasteiger partial charge in [0.15, 0.2) is 5.69 Å². The van der Waals surface area contributed by atoms with Crippen molar-refractivity contribution in [2.75, 3.05) is 18.5 Å². The van der Waals surface area contributed by atoms with Crippen LogP contribution in [0.1, 0.15) is 48.5 Å². The van der Waals surface area contributed by atoms with Crippen LogP contribution in [-0.4, -0.2) is 34.7 Å². The first kappa shape index (κ1) is 19.5. The lowest BCUT2D eigenvalue weighted by molar-refractivity contribution is 0.0944. The number of para-hydroxylation sites is 1. The Hall–Kier alpha value is -2.83. The molecule has 140 valence electrons. The predicted octanol–water partition coefficient (Wildman–Crippen LogP) is 2.94. The van der Waals surface area contributed by atoms with E-state index in [1.165, 1.54) is 0 Å². The highest BCUT2D eigenvalue weighted by Gasteiger charge is 2.20. The standard InChI is InChI=1S/C19H26N4O3/c1-5-23-12-15(17(22-23)19(25)20-11-13(3)4)21-18(24)14-9-7-8-10-16(14)26-6-2/h7-10,12-13H,5-6,11H2,1-4H3,(H,20,25)(H,21,24). The third kappa shape index (κ3) is 4.84. The fourth-order valence-corrected chi connectivity index (χ4v) is 2.35. The van der Waals surface area contributed by atoms with E-state index in [0.717, 1.165) is 0 Å². The number of rotatable bonds is 8. The minimum absolute atomic E-state index is 0.203. The Bertz CT molecular complexity index is 768. The van der Waals surface area contributed by atoms with Gasteiger partial charge in [0.05, 0.1) is 17.9 Å². The molecule has 0 aliphatic rings. The van der Waals surface area contributed by atoms with E-state index in [0.29, 0.717) is 42.6 Å². The summed E-state index contributed by atoms with van der Waals surface area (Å²) in [5.74, 6) is 0.173. The van der Waals surface area contributed by atoms with Crippen LogP contribution in [0.2, 0.25) is 0 Å². The van der Waals surface area contributed by atoms with Crippen molar-refractivity contribution in [2.45, 2.75) is 34.2 Å². The van der Waals surface area contributed by atoms with Gasteiger partial charge in [0.1, 0.15) is 5.75 Å². The van der Waals surface area contributed by atoms with Crippen LogP contribution in [0.4, 0.5) is 5.69 Å². The van der Waals surface area contributed by atoms with Gasteiger partial charge in [0.25, 0.3) is 11.8 Å². The number of nitrogens with one attached hydrogen (secondary N) is 2. The van der Waals surface area contributed by atoms with Crippen LogP contribution in [0, 0.1) is 5.92 Å². The molecule has 7 heteroatoms. The Kier molecular flexibility index (Phi) is 6.77. The molecule has 0 saturated heterocycles. The van der Waals surface area contributed by atoms with Gasteiger partial charge in [0.2, 0.25) is 0 Å². The van der Waals surface area contributed by atoms with Crippen LogP contribution in [0.15, 0.2) is 30.5 Å². The second kappa shape index (κ2) is 9.03. The monoisotopic (exact) mass is 358 g/mol. The molecular weight excluding hydrogens is 332 g/mol. The first-order chi connectivity index (χ1) is 12.5. The van der Waals surface area contributed by atoms with Gasteiger partial charge in [-0.15, -0.1) is 0 Å². The summed E-state index contributed by atoms with van der Waals surface area (Å²) in [7, 11) is 0. The normalized spacial score (nSPS) is 10.7. The van der Waals surface area contributed by atoms with Gasteiger partial charge in [-0.1, -0.05) is 26.0 Å². The average Bonchev–Trinajstić information content (AvgIpc) is 3.03. The molecule has 0 bridgehead atoms. The minimum Gasteiger partial charge on any atom is -0.493 e. The highest BCUT2D eigenvalue weighted by molar-refractivity contribution is 6.09. The maximum Gasteiger partial charge on any atom is 0.273 e. The molecule has 0 atom stereocenters. The van der Waals surface area contributed by atoms with E-state index >= 15 is 0 Å². The molecule has 0 aliphatic carbocycles. The SMILES string of the molecule is CCOc1ccccc1C(=O)Nc1cn(CC)nc1C(=O)NCC(C)C. The first-order valence-corrected chi connectivity index (χ1v) is 8.85. The molecule has 2 N–H and O–H groups in total. The van der Waals surface area contributed by atoms with Gasteiger partial charge in [-0.05, 0) is 31.9 Å². The van der Waals surface area contributed by atoms with Crippen LogP contribution < -0.4 is 15.4 Å². The van der Waals surface area contributed by atoms with Gasteiger partial charge in [-0.3, -0.25) is 14.3 Å². The van der Waals surface area contributed by atoms with Gasteiger partial charge >= 0.3 is 0 Å². The topological polar surface area (TPSA) is 85.2 Å². The highest BCUT2D eigenvalue weighted by atomic mass is 16.5. The van der Waals surface area contributed by atoms with E-state index in [-0.39, 0.29) is 17.5 Å². The average molecular weight is 358 g/mol. The molecule has 1 aromatic carbocycles. The van der Waals surface area contributed by atoms with Crippen LogP contribution in [0.25, 0.3) is 0 Å². The predicted molar refractivity (Wildman–Crippen MR) is 101 cm³/mol. The third-order valence-electron chi connectivity index (χ3n) is 3.65. The van der Waals surface area contributed by atoms with Gasteiger partial charge in [-0.25, -0.2) is 0 Å². The van der Waals surface area contributed by atoms with E-state index in [9.17, 15) is 9.59 Å². The molecule has 0 fully saturated rings. The summed E-state index contributed by atoms with van der Waals surface area (Å²) in [6, 6.07) is 7.00. The number of amides is 2. The molecule has 2 rings (SSSR count). The first-order valence-electron chi connectivity index (χ1n) is 8.85. The zero-order chi connectivity index (χ0) is 19.1. The highest BCUT2D eigenvalue weighted by Crippen LogP contribution is 2.21. The van der Waals surface area contributed by atoms with E-state index in [1.54, 1.807) is 29.1 Å². The third-order valence-corrected chi connectivity index (χ3v) is 3.65. The number of benzene rings is 1. The Balaban J connectivity index is 2.24. The van der Waals surface area contributed by atoms with E-state index in [1.807, 2.05) is 33.8 Å². The van der Waals surface area contributed by atoms with Crippen molar-refractivity contribution in [2.24, 2.45) is 5.92 Å². The Labute approximate surface area is 153 Å². The molecule has 2 aromatic rings. The number of carbonyl (C=O) groups excluding carboxylic acids is 2. The second-order valence-corrected chi connectivity index (χ2v) is 6.23. The summed E-state index contributed by atoms with van der Waals surface area (Å²) < 4.78 is 7.12. The summed E-state index contributed by atoms with van der Waals surface area (Å²) in [4.78, 5) is 25.1. The fraction of sp³-hybridized carbons (Fsp3) is 0.421. The van der Waals surface area contributed by atoms with Crippen molar-refractivity contribution in [3.63, 3.8) is 0 Å². The maximum absolute atomic E-state index is 12.7. The number of ether oxygens (including phenoxy) is 1. The molecule has 7 nitrogen and oxygen atoms in total. The van der Waals surface area contributed by atoms with Crippen molar-refractivity contribution < 1.29 is 14.3 Å². The number of hydrogen-bond donors (Lipinski definition) is 2. The molecule has 2 amide bonds. The molecule has 1 aromatic heterocycles. The van der Waals surface area contributed by atoms with E-state index < -0.39 is 0 Å². The number of aromatic nitrogens is 2. The summed E-state index contributed by atoms with van der Waals surface area (Å²) in [6.45, 7) is 9.39. The van der Waals surface area contributed by atoms with Gasteiger partial charge in [-0.2, -0.15) is 5.10 Å². The van der Waals surface area contributed by atoms with E-state index in [2.05, 4.69) is 15.7 Å². The number of aryl methyl sites for hydroxylation is 1. The van der Waals surface area contributed by atoms with Crippen LogP contribution in [0.3, 0.4) is 0 Å². The lowest BCUT2D eigenvalue weighted by atomic mass is 10.2. The molecule has 1 heterocycles. The summed E-state index contributed by atoms with van der Waals surface area (Å²) >= 11 is 0. The van der Waals surface area contributed by atoms with Crippen LogP contribution in [0.5, 0.6) is 5.75 Å². The Morgan fingerprint density at radius 1 is 1.19 bits per heavy atom. The maximum atomic E-state index is 12.7. The summed E-state index contributed by atoms with van der Waals surface area (Å²) in [5, 5.41) is 9.89. The Morgan fingerprint density at radius 2 is 1.92 bits per heavy atom. The van der Waals surface area contributed by atoms with Crippen molar-refractivity contribution in [3.05, 3.63) is 41.7 Å². The zero-order valence-electron chi connectivity index (χ0n) is 15.7. The molecule has 0 spiro atoms. The van der Waals surface area contributed by atoms with Gasteiger partial charge in [0, 0.05) is 19.3 Å². The smallest absolute Gasteiger partial charge is 0.273 e. The van der Waals surface area contributed by atoms with Crippen molar-refractivity contribution >= 4 is 17.5 Å². The lowest BCUT2D eigenvalue weighted by Crippen LogP contribution is -2.28. The number of carbonyl (C=O) groups is 2. The number of anilines is 1. The summed E-state index contributed by atoms with van der Waals surface area (Å²) in [6.07, 6.45) is 1.66. The largest absolute Gasteiger partial charge is 0.493 e. The van der Waals surface area contributed by atoms with Gasteiger partial charge < -0.3 is 15.4 Å². The second-order valence-electron chi connectivity index (χ2n) is 6.23. The van der Waals surface area contributed by atoms with Crippen LogP contribution in [-0.2, 0) is 6.54 Å². The molecule has 0 unspecified atom stereocenters. The number of hydrogen-bond acceptors (Lipinski definition) is 4. The molecule has 0 saturated carbocycles. The summed E-state index contributed by atoms with van der Waals surface area (Å²) in [5.41, 5.74) is 0.992. The Morgan fingerprint density at radius 3 is 2.58 bits per heavy atom. The zero-order valence-corrected chi connectivity index (χ0v) is 15.7. The quantitative estimate of drug-likeness (QED) is 0.760. The lowest BCUT2D eigenvalue weighted by Gasteiger charge is -2.11.